The van der Waals surface area contributed by atoms with Gasteiger partial charge in [-0.1, -0.05) is 54.6 Å². The van der Waals surface area contributed by atoms with Crippen LogP contribution in [0.4, 0.5) is 0 Å². The first-order valence-corrected chi connectivity index (χ1v) is 14.2. The van der Waals surface area contributed by atoms with Crippen LogP contribution in [0.25, 0.3) is 0 Å². The van der Waals surface area contributed by atoms with Crippen molar-refractivity contribution < 1.29 is 29.0 Å². The van der Waals surface area contributed by atoms with Gasteiger partial charge in [0.15, 0.2) is 0 Å². The predicted octanol–water partition coefficient (Wildman–Crippen LogP) is 0.0173. The quantitative estimate of drug-likeness (QED) is 0.264. The highest BCUT2D eigenvalue weighted by Gasteiger charge is 2.32. The summed E-state index contributed by atoms with van der Waals surface area (Å²) in [6.07, 6.45) is 0.845. The molecule has 4 atom stereocenters. The number of hydrogen-bond acceptors (Lipinski definition) is 8. The molecule has 228 valence electrons. The summed E-state index contributed by atoms with van der Waals surface area (Å²) in [5.41, 5.74) is 2.03. The highest BCUT2D eigenvalue weighted by Crippen LogP contribution is 2.13. The maximum Gasteiger partial charge on any atom is 0.245 e. The van der Waals surface area contributed by atoms with Gasteiger partial charge in [-0.05, 0) is 36.6 Å². The molecular weight excluding hydrogens is 554 g/mol. The normalized spacial score (nSPS) is 21.5. The van der Waals surface area contributed by atoms with Gasteiger partial charge in [0.05, 0.1) is 31.8 Å². The fraction of sp³-hybridized carbons (Fsp3) is 0.400. The van der Waals surface area contributed by atoms with E-state index < -0.39 is 42.0 Å². The molecule has 2 aliphatic rings. The molecule has 2 aromatic carbocycles. The lowest BCUT2D eigenvalue weighted by Gasteiger charge is -2.26. The molecule has 2 aliphatic heterocycles. The first kappa shape index (κ1) is 31.2. The van der Waals surface area contributed by atoms with Gasteiger partial charge in [0.1, 0.15) is 36.2 Å². The minimum Gasteiger partial charge on any atom is -0.492 e. The van der Waals surface area contributed by atoms with E-state index in [0.29, 0.717) is 24.6 Å². The van der Waals surface area contributed by atoms with Crippen molar-refractivity contribution in [3.8, 4) is 5.75 Å². The number of carbonyl (C=O) groups excluding carboxylic acids is 4. The summed E-state index contributed by atoms with van der Waals surface area (Å²) in [4.78, 5) is 52.5. The lowest BCUT2D eigenvalue weighted by Crippen LogP contribution is -2.60. The monoisotopic (exact) mass is 591 g/mol. The largest absolute Gasteiger partial charge is 0.492 e. The molecule has 1 aromatic heterocycles. The van der Waals surface area contributed by atoms with Crippen molar-refractivity contribution in [1.29, 1.82) is 0 Å². The highest BCUT2D eigenvalue weighted by molar-refractivity contribution is 5.94. The van der Waals surface area contributed by atoms with E-state index in [0.717, 1.165) is 11.1 Å². The van der Waals surface area contributed by atoms with Gasteiger partial charge in [-0.3, -0.25) is 19.2 Å². The molecule has 5 N–H and O–H groups in total. The number of amides is 4. The summed E-state index contributed by atoms with van der Waals surface area (Å²) in [5, 5.41) is 29.3. The Hall–Kier alpha value is -4.78. The van der Waals surface area contributed by atoms with Crippen LogP contribution < -0.4 is 26.0 Å². The zero-order valence-corrected chi connectivity index (χ0v) is 24.2. The molecule has 0 fully saturated rings. The van der Waals surface area contributed by atoms with Crippen LogP contribution in [0, 0.1) is 0 Å². The molecule has 13 nitrogen and oxygen atoms in total. The van der Waals surface area contributed by atoms with E-state index in [4.69, 9.17) is 4.74 Å². The summed E-state index contributed by atoms with van der Waals surface area (Å²) >= 11 is 0. The Balaban J connectivity index is 1.57. The van der Waals surface area contributed by atoms with Crippen LogP contribution >= 0.6 is 0 Å². The van der Waals surface area contributed by atoms with Crippen LogP contribution in [0.5, 0.6) is 5.75 Å². The van der Waals surface area contributed by atoms with Crippen molar-refractivity contribution in [2.45, 2.75) is 70.4 Å². The summed E-state index contributed by atoms with van der Waals surface area (Å²) in [6.45, 7) is 3.88. The molecule has 0 spiro atoms. The van der Waals surface area contributed by atoms with Crippen molar-refractivity contribution in [3.63, 3.8) is 0 Å². The number of nitrogens with one attached hydrogen (secondary N) is 4. The molecule has 4 bridgehead atoms. The van der Waals surface area contributed by atoms with Gasteiger partial charge in [-0.25, -0.2) is 4.68 Å². The number of benzene rings is 2. The lowest BCUT2D eigenvalue weighted by atomic mass is 10.0. The van der Waals surface area contributed by atoms with Crippen LogP contribution in [0.1, 0.15) is 37.1 Å². The second-order valence-electron chi connectivity index (χ2n) is 10.4. The fourth-order valence-electron chi connectivity index (χ4n) is 4.55. The van der Waals surface area contributed by atoms with Gasteiger partial charge >= 0.3 is 0 Å². The average Bonchev–Trinajstić information content (AvgIpc) is 3.45. The fourth-order valence-corrected chi connectivity index (χ4v) is 4.55. The zero-order valence-electron chi connectivity index (χ0n) is 24.2. The third kappa shape index (κ3) is 9.10. The first-order valence-electron chi connectivity index (χ1n) is 14.2. The lowest BCUT2D eigenvalue weighted by molar-refractivity contribution is -0.135. The van der Waals surface area contributed by atoms with Crippen molar-refractivity contribution in [2.24, 2.45) is 0 Å². The van der Waals surface area contributed by atoms with E-state index >= 15 is 0 Å². The molecule has 43 heavy (non-hydrogen) atoms. The number of rotatable bonds is 4. The Kier molecular flexibility index (Phi) is 10.8. The van der Waals surface area contributed by atoms with Crippen molar-refractivity contribution in [3.05, 3.63) is 77.6 Å². The second-order valence-corrected chi connectivity index (χ2v) is 10.4. The number of fused-ring (bicyclic) bond motifs is 16. The molecule has 3 heterocycles. The number of hydrogen-bond donors (Lipinski definition) is 5. The number of aromatic nitrogens is 3. The summed E-state index contributed by atoms with van der Waals surface area (Å²) in [6, 6.07) is 12.8. The zero-order chi connectivity index (χ0) is 30.8. The minimum absolute atomic E-state index is 0.0301. The third-order valence-corrected chi connectivity index (χ3v) is 6.95. The Bertz CT molecular complexity index is 1390. The Morgan fingerprint density at radius 1 is 0.953 bits per heavy atom. The van der Waals surface area contributed by atoms with Gasteiger partial charge in [-0.2, -0.15) is 0 Å². The summed E-state index contributed by atoms with van der Waals surface area (Å²) in [5.74, 6) is -1.62. The molecule has 0 radical (unpaired) electrons. The summed E-state index contributed by atoms with van der Waals surface area (Å²) in [7, 11) is 0. The Morgan fingerprint density at radius 2 is 1.70 bits per heavy atom. The number of aliphatic hydroxyl groups is 1. The maximum atomic E-state index is 13.4. The molecule has 0 aliphatic carbocycles. The van der Waals surface area contributed by atoms with Gasteiger partial charge in [0, 0.05) is 6.42 Å². The van der Waals surface area contributed by atoms with Crippen LogP contribution in [0.3, 0.4) is 0 Å². The molecular formula is C30H37N7O6. The van der Waals surface area contributed by atoms with Gasteiger partial charge in [-0.15, -0.1) is 5.10 Å². The molecule has 4 amide bonds. The second kappa shape index (κ2) is 14.9. The van der Waals surface area contributed by atoms with Crippen molar-refractivity contribution in [1.82, 2.24) is 36.3 Å². The molecule has 13 heteroatoms. The molecule has 0 unspecified atom stereocenters. The standard InChI is InChI=1S/C30H37N7O6/c1-3-24-29(41)34-27(19(2)38)30(42)33-25(15-20-7-5-4-6-8-20)28(40)31-17-22-18-37(36-35-22)13-14-43-23-11-9-21(10-12-23)16-26(39)32-24/h4-12,18-19,24-25,27,38H,3,13-17H2,1-2H3,(H,31,40)(H,32,39)(H,33,42)(H,34,41)/t19-,24+,25-,27+/m1/s1. The topological polar surface area (TPSA) is 177 Å². The molecule has 0 saturated carbocycles. The van der Waals surface area contributed by atoms with Gasteiger partial charge in [0.2, 0.25) is 23.6 Å². The van der Waals surface area contributed by atoms with E-state index in [9.17, 15) is 24.3 Å². The van der Waals surface area contributed by atoms with E-state index in [-0.39, 0.29) is 31.7 Å². The van der Waals surface area contributed by atoms with Gasteiger partial charge in [0.25, 0.3) is 0 Å². The predicted molar refractivity (Wildman–Crippen MR) is 155 cm³/mol. The number of aliphatic hydroxyl groups excluding tert-OH is 1. The number of carbonyl (C=O) groups is 4. The van der Waals surface area contributed by atoms with Gasteiger partial charge < -0.3 is 31.1 Å². The van der Waals surface area contributed by atoms with E-state index in [2.05, 4.69) is 31.6 Å². The Morgan fingerprint density at radius 3 is 2.40 bits per heavy atom. The average molecular weight is 592 g/mol. The molecule has 5 rings (SSSR count). The molecule has 3 aromatic rings. The summed E-state index contributed by atoms with van der Waals surface area (Å²) < 4.78 is 7.38. The Labute approximate surface area is 249 Å². The van der Waals surface area contributed by atoms with Crippen molar-refractivity contribution in [2.75, 3.05) is 6.61 Å². The van der Waals surface area contributed by atoms with Crippen LogP contribution in [0.15, 0.2) is 60.8 Å². The SMILES string of the molecule is CC[C@@H]1NC(=O)Cc2ccc(cc2)OCCn2cc(nn2)CNC(=O)[C@@H](Cc2ccccc2)NC(=O)[C@H]([C@@H](C)O)NC1=O. The van der Waals surface area contributed by atoms with Crippen LogP contribution in [0.2, 0.25) is 0 Å². The highest BCUT2D eigenvalue weighted by atomic mass is 16.5. The van der Waals surface area contributed by atoms with E-state index in [1.165, 1.54) is 6.92 Å². The van der Waals surface area contributed by atoms with E-state index in [1.54, 1.807) is 42.1 Å². The van der Waals surface area contributed by atoms with Crippen molar-refractivity contribution >= 4 is 23.6 Å². The van der Waals surface area contributed by atoms with Crippen LogP contribution in [-0.2, 0) is 45.1 Å². The van der Waals surface area contributed by atoms with E-state index in [1.807, 2.05) is 30.3 Å². The number of ether oxygens (including phenoxy) is 1. The maximum absolute atomic E-state index is 13.4. The minimum atomic E-state index is -1.38. The smallest absolute Gasteiger partial charge is 0.245 e. The number of nitrogens with zero attached hydrogens (tertiary/aromatic N) is 3. The van der Waals surface area contributed by atoms with Crippen LogP contribution in [-0.4, -0.2) is 74.6 Å². The molecule has 0 saturated heterocycles. The first-order chi connectivity index (χ1) is 20.7. The third-order valence-electron chi connectivity index (χ3n) is 6.95.